The Morgan fingerprint density at radius 2 is 2.00 bits per heavy atom. The van der Waals surface area contributed by atoms with Crippen LogP contribution in [0.25, 0.3) is 0 Å². The number of allylic oxidation sites excluding steroid dienone is 2. The normalized spacial score (nSPS) is 15.5. The molecule has 1 N–H and O–H groups in total. The number of carbonyl (C=O) groups excluding carboxylic acids is 1. The molecule has 0 saturated heterocycles. The molecule has 0 aliphatic rings. The van der Waals surface area contributed by atoms with Crippen LogP contribution >= 0.6 is 0 Å². The highest BCUT2D eigenvalue weighted by atomic mass is 32.3. The Hall–Kier alpha value is -1.03. The average Bonchev–Trinajstić information content (AvgIpc) is 2.30. The van der Waals surface area contributed by atoms with E-state index in [1.807, 2.05) is 0 Å². The molecule has 0 spiro atoms. The summed E-state index contributed by atoms with van der Waals surface area (Å²) in [6.45, 7) is 7.73. The molecule has 0 aromatic rings. The zero-order valence-electron chi connectivity index (χ0n) is 11.5. The van der Waals surface area contributed by atoms with Crippen LogP contribution in [0.1, 0.15) is 27.2 Å². The lowest BCUT2D eigenvalue weighted by atomic mass is 10.2. The fraction of sp³-hybridized carbons (Fsp3) is 0.545. The molecule has 0 saturated carbocycles. The van der Waals surface area contributed by atoms with Crippen molar-refractivity contribution >= 4 is 27.4 Å². The van der Waals surface area contributed by atoms with Gasteiger partial charge in [0.1, 0.15) is 11.9 Å². The Morgan fingerprint density at radius 3 is 2.45 bits per heavy atom. The maximum atomic E-state index is 11.5. The Morgan fingerprint density at radius 1 is 1.45 bits per heavy atom. The molecule has 0 radical (unpaired) electrons. The summed E-state index contributed by atoms with van der Waals surface area (Å²) in [4.78, 5) is 11.5. The molecule has 0 aromatic heterocycles. The van der Waals surface area contributed by atoms with Crippen LogP contribution in [-0.2, 0) is 34.6 Å². The summed E-state index contributed by atoms with van der Waals surface area (Å²) >= 11 is -2.94. The third-order valence-corrected chi connectivity index (χ3v) is 4.52. The van der Waals surface area contributed by atoms with Crippen LogP contribution in [-0.4, -0.2) is 35.0 Å². The maximum absolute atomic E-state index is 11.5. The molecule has 0 rings (SSSR count). The second kappa shape index (κ2) is 8.30. The molecular weight excluding hydrogens is 308 g/mol. The van der Waals surface area contributed by atoms with E-state index in [1.54, 1.807) is 13.0 Å². The topological polar surface area (TPSA) is 107 Å². The summed E-state index contributed by atoms with van der Waals surface area (Å²) in [6, 6.07) is 0. The smallest absolute Gasteiger partial charge is 0.333 e. The van der Waals surface area contributed by atoms with E-state index in [0.29, 0.717) is 12.0 Å². The highest BCUT2D eigenvalue weighted by molar-refractivity contribution is 7.95. The fourth-order valence-electron chi connectivity index (χ4n) is 0.949. The van der Waals surface area contributed by atoms with Gasteiger partial charge in [-0.2, -0.15) is 12.6 Å². The summed E-state index contributed by atoms with van der Waals surface area (Å²) in [5.41, 5.74) is 1.19. The first-order valence-electron chi connectivity index (χ1n) is 5.59. The predicted octanol–water partition coefficient (Wildman–Crippen LogP) is 1.31. The van der Waals surface area contributed by atoms with Crippen LogP contribution in [0.3, 0.4) is 0 Å². The van der Waals surface area contributed by atoms with Gasteiger partial charge < -0.3 is 4.74 Å². The number of esters is 1. The summed E-state index contributed by atoms with van der Waals surface area (Å²) in [6.07, 6.45) is 2.13. The van der Waals surface area contributed by atoms with E-state index in [4.69, 9.17) is 9.29 Å². The molecule has 2 unspecified atom stereocenters. The molecule has 9 heteroatoms. The first-order valence-corrected chi connectivity index (χ1v) is 8.09. The van der Waals surface area contributed by atoms with E-state index in [9.17, 15) is 17.4 Å². The summed E-state index contributed by atoms with van der Waals surface area (Å²) in [5, 5.41) is -1.25. The minimum absolute atomic E-state index is 0.323. The molecule has 0 aliphatic carbocycles. The van der Waals surface area contributed by atoms with Crippen LogP contribution in [0.2, 0.25) is 0 Å². The summed E-state index contributed by atoms with van der Waals surface area (Å²) < 4.78 is 50.0. The van der Waals surface area contributed by atoms with E-state index < -0.39 is 39.3 Å². The average molecular weight is 326 g/mol. The van der Waals surface area contributed by atoms with Gasteiger partial charge in [0.15, 0.2) is 0 Å². The van der Waals surface area contributed by atoms with Crippen LogP contribution in [0.15, 0.2) is 23.8 Å². The lowest BCUT2D eigenvalue weighted by molar-refractivity contribution is -0.138. The number of hydrogen-bond acceptors (Lipinski definition) is 6. The van der Waals surface area contributed by atoms with Crippen LogP contribution < -0.4 is 0 Å². The van der Waals surface area contributed by atoms with Gasteiger partial charge >= 0.3 is 17.3 Å². The first-order chi connectivity index (χ1) is 9.06. The van der Waals surface area contributed by atoms with Gasteiger partial charge in [0.25, 0.3) is 10.1 Å². The Balaban J connectivity index is 4.48. The van der Waals surface area contributed by atoms with Gasteiger partial charge in [-0.3, -0.25) is 4.55 Å². The summed E-state index contributed by atoms with van der Waals surface area (Å²) in [5.74, 6) is -0.668. The second-order valence-corrected chi connectivity index (χ2v) is 7.00. The van der Waals surface area contributed by atoms with Gasteiger partial charge in [-0.05, 0) is 27.2 Å². The lowest BCUT2D eigenvalue weighted by Gasteiger charge is -2.11. The van der Waals surface area contributed by atoms with Crippen molar-refractivity contribution in [1.29, 1.82) is 0 Å². The van der Waals surface area contributed by atoms with Crippen molar-refractivity contribution in [3.63, 3.8) is 0 Å². The minimum atomic E-state index is -4.27. The molecule has 116 valence electrons. The van der Waals surface area contributed by atoms with Gasteiger partial charge in [-0.1, -0.05) is 18.2 Å². The van der Waals surface area contributed by atoms with E-state index in [1.165, 1.54) is 13.8 Å². The molecule has 0 aromatic carbocycles. The van der Waals surface area contributed by atoms with Crippen LogP contribution in [0.4, 0.5) is 0 Å². The Labute approximate surface area is 121 Å². The molecule has 0 heterocycles. The first kappa shape index (κ1) is 19.0. The van der Waals surface area contributed by atoms with Crippen molar-refractivity contribution in [2.45, 2.75) is 32.4 Å². The van der Waals surface area contributed by atoms with Crippen molar-refractivity contribution in [3.8, 4) is 0 Å². The van der Waals surface area contributed by atoms with E-state index >= 15 is 0 Å². The quantitative estimate of drug-likeness (QED) is 0.310. The van der Waals surface area contributed by atoms with Crippen molar-refractivity contribution in [3.05, 3.63) is 23.8 Å². The second-order valence-electron chi connectivity index (χ2n) is 4.24. The molecule has 2 atom stereocenters. The SMILES string of the molecule is C=C(C)CC=C(C)C(=O)OCC(C)S(=O)(=O)OS(=O)O. The third-order valence-electron chi connectivity index (χ3n) is 2.17. The molecule has 0 amide bonds. The highest BCUT2D eigenvalue weighted by Gasteiger charge is 2.26. The van der Waals surface area contributed by atoms with Gasteiger partial charge in [-0.25, -0.2) is 4.79 Å². The monoisotopic (exact) mass is 326 g/mol. The standard InChI is InChI=1S/C11H18O7S2/c1-8(2)5-6-9(3)11(12)17-7-10(4)20(15,16)18-19(13)14/h6,10H,1,5,7H2,2-4H3,(H,13,14). The lowest BCUT2D eigenvalue weighted by Crippen LogP contribution is -2.27. The maximum Gasteiger partial charge on any atom is 0.333 e. The van der Waals surface area contributed by atoms with Crippen molar-refractivity contribution in [2.75, 3.05) is 6.61 Å². The van der Waals surface area contributed by atoms with Gasteiger partial charge in [0, 0.05) is 5.57 Å². The largest absolute Gasteiger partial charge is 0.461 e. The van der Waals surface area contributed by atoms with Crippen molar-refractivity contribution in [1.82, 2.24) is 0 Å². The van der Waals surface area contributed by atoms with E-state index in [-0.39, 0.29) is 0 Å². The zero-order valence-corrected chi connectivity index (χ0v) is 13.1. The van der Waals surface area contributed by atoms with Crippen molar-refractivity contribution in [2.24, 2.45) is 0 Å². The molecule has 0 fully saturated rings. The molecule has 0 aliphatic heterocycles. The van der Waals surface area contributed by atoms with E-state index in [0.717, 1.165) is 5.57 Å². The molecule has 7 nitrogen and oxygen atoms in total. The summed E-state index contributed by atoms with van der Waals surface area (Å²) in [7, 11) is -4.27. The zero-order chi connectivity index (χ0) is 15.9. The highest BCUT2D eigenvalue weighted by Crippen LogP contribution is 2.08. The van der Waals surface area contributed by atoms with Crippen molar-refractivity contribution < 1.29 is 30.3 Å². The Kier molecular flexibility index (Phi) is 7.87. The molecule has 20 heavy (non-hydrogen) atoms. The van der Waals surface area contributed by atoms with Crippen LogP contribution in [0, 0.1) is 0 Å². The third kappa shape index (κ3) is 7.53. The predicted molar refractivity (Wildman–Crippen MR) is 74.4 cm³/mol. The number of carbonyl (C=O) groups is 1. The number of hydrogen-bond donors (Lipinski definition) is 1. The Bertz CT molecular complexity index is 519. The van der Waals surface area contributed by atoms with Gasteiger partial charge in [0.05, 0.1) is 0 Å². The number of ether oxygens (including phenoxy) is 1. The van der Waals surface area contributed by atoms with Gasteiger partial charge in [-0.15, -0.1) is 3.63 Å². The van der Waals surface area contributed by atoms with Gasteiger partial charge in [0.2, 0.25) is 0 Å². The van der Waals surface area contributed by atoms with E-state index in [2.05, 4.69) is 10.2 Å². The van der Waals surface area contributed by atoms with Crippen LogP contribution in [0.5, 0.6) is 0 Å². The molecule has 0 bridgehead atoms. The molecular formula is C11H18O7S2. The number of rotatable bonds is 8. The minimum Gasteiger partial charge on any atom is -0.461 e. The fourth-order valence-corrected chi connectivity index (χ4v) is 2.37.